The lowest BCUT2D eigenvalue weighted by Crippen LogP contribution is -2.36. The van der Waals surface area contributed by atoms with Crippen LogP contribution in [0.4, 0.5) is 0 Å². The van der Waals surface area contributed by atoms with Gasteiger partial charge in [-0.1, -0.05) is 12.8 Å². The first-order valence-corrected chi connectivity index (χ1v) is 8.46. The maximum absolute atomic E-state index is 5.97. The van der Waals surface area contributed by atoms with Gasteiger partial charge in [-0.25, -0.2) is 0 Å². The zero-order valence-corrected chi connectivity index (χ0v) is 13.2. The first-order chi connectivity index (χ1) is 9.74. The average Bonchev–Trinajstić information content (AvgIpc) is 2.48. The van der Waals surface area contributed by atoms with Gasteiger partial charge in [0.15, 0.2) is 11.4 Å². The Morgan fingerprint density at radius 2 is 1.00 bits per heavy atom. The largest absolute Gasteiger partial charge is 0.352 e. The zero-order valence-electron chi connectivity index (χ0n) is 13.2. The summed E-state index contributed by atoms with van der Waals surface area (Å²) in [5.74, 6) is 0. The van der Waals surface area contributed by atoms with Crippen molar-refractivity contribution in [1.82, 2.24) is 0 Å². The number of rotatable bonds is 6. The molecule has 0 heterocycles. The van der Waals surface area contributed by atoms with Crippen molar-refractivity contribution in [3.8, 4) is 0 Å². The Morgan fingerprint density at radius 1 is 0.650 bits per heavy atom. The van der Waals surface area contributed by atoms with Crippen molar-refractivity contribution in [2.75, 3.05) is 13.2 Å². The predicted octanol–water partition coefficient (Wildman–Crippen LogP) is 4.83. The summed E-state index contributed by atoms with van der Waals surface area (Å²) in [5, 5.41) is 9.39. The van der Waals surface area contributed by atoms with E-state index in [-0.39, 0.29) is 11.4 Å². The molecule has 4 nitrogen and oxygen atoms in total. The molecular formula is C16H30N2O2. The van der Waals surface area contributed by atoms with E-state index in [2.05, 4.69) is 0 Å². The smallest absolute Gasteiger partial charge is 0.178 e. The number of nitrogens with zero attached hydrogens (tertiary/aromatic N) is 2. The molecule has 20 heavy (non-hydrogen) atoms. The molecule has 0 N–H and O–H groups in total. The lowest BCUT2D eigenvalue weighted by molar-refractivity contribution is -0.0918. The van der Waals surface area contributed by atoms with Gasteiger partial charge in [-0.2, -0.15) is 10.2 Å². The van der Waals surface area contributed by atoms with Gasteiger partial charge in [0, 0.05) is 13.2 Å². The SMILES string of the molecule is CCOC1(N=NC2(OCC)CCCCC2)CCCCC1. The minimum absolute atomic E-state index is 0.367. The summed E-state index contributed by atoms with van der Waals surface area (Å²) < 4.78 is 11.9. The third-order valence-electron chi connectivity index (χ3n) is 4.51. The van der Waals surface area contributed by atoms with Gasteiger partial charge >= 0.3 is 0 Å². The van der Waals surface area contributed by atoms with Gasteiger partial charge < -0.3 is 9.47 Å². The summed E-state index contributed by atoms with van der Waals surface area (Å²) in [4.78, 5) is 0. The van der Waals surface area contributed by atoms with Gasteiger partial charge in [0.2, 0.25) is 0 Å². The molecule has 0 amide bonds. The Morgan fingerprint density at radius 3 is 1.30 bits per heavy atom. The number of azo groups is 1. The van der Waals surface area contributed by atoms with Crippen LogP contribution < -0.4 is 0 Å². The predicted molar refractivity (Wildman–Crippen MR) is 79.7 cm³/mol. The van der Waals surface area contributed by atoms with Crippen molar-refractivity contribution < 1.29 is 9.47 Å². The molecule has 0 aromatic heterocycles. The Labute approximate surface area is 123 Å². The quantitative estimate of drug-likeness (QED) is 0.655. The van der Waals surface area contributed by atoms with Crippen LogP contribution in [0.2, 0.25) is 0 Å². The summed E-state index contributed by atoms with van der Waals surface area (Å²) in [6.07, 6.45) is 11.4. The average molecular weight is 282 g/mol. The highest BCUT2D eigenvalue weighted by Crippen LogP contribution is 2.37. The molecule has 2 aliphatic carbocycles. The highest BCUT2D eigenvalue weighted by molar-refractivity contribution is 4.85. The Kier molecular flexibility index (Phi) is 5.97. The van der Waals surface area contributed by atoms with Crippen LogP contribution >= 0.6 is 0 Å². The fourth-order valence-electron chi connectivity index (χ4n) is 3.47. The third kappa shape index (κ3) is 4.01. The standard InChI is InChI=1S/C16H30N2O2/c1-3-19-15(11-7-5-8-12-15)17-18-16(20-4-2)13-9-6-10-14-16/h3-14H2,1-2H3. The van der Waals surface area contributed by atoms with Crippen LogP contribution in [0.25, 0.3) is 0 Å². The van der Waals surface area contributed by atoms with Crippen molar-refractivity contribution in [2.24, 2.45) is 10.2 Å². The van der Waals surface area contributed by atoms with Crippen LogP contribution in [0.1, 0.15) is 78.1 Å². The molecule has 0 radical (unpaired) electrons. The Balaban J connectivity index is 2.09. The normalized spacial score (nSPS) is 25.9. The maximum Gasteiger partial charge on any atom is 0.178 e. The molecule has 4 heteroatoms. The fraction of sp³-hybridized carbons (Fsp3) is 1.00. The highest BCUT2D eigenvalue weighted by Gasteiger charge is 2.37. The molecule has 2 rings (SSSR count). The van der Waals surface area contributed by atoms with E-state index in [4.69, 9.17) is 19.7 Å². The minimum atomic E-state index is -0.367. The van der Waals surface area contributed by atoms with Crippen LogP contribution in [0.15, 0.2) is 10.2 Å². The second-order valence-corrected chi connectivity index (χ2v) is 6.08. The van der Waals surface area contributed by atoms with Crippen molar-refractivity contribution in [3.05, 3.63) is 0 Å². The van der Waals surface area contributed by atoms with Crippen LogP contribution in [0, 0.1) is 0 Å². The van der Waals surface area contributed by atoms with E-state index in [1.807, 2.05) is 13.8 Å². The van der Waals surface area contributed by atoms with E-state index in [9.17, 15) is 0 Å². The van der Waals surface area contributed by atoms with E-state index >= 15 is 0 Å². The van der Waals surface area contributed by atoms with E-state index in [0.29, 0.717) is 13.2 Å². The summed E-state index contributed by atoms with van der Waals surface area (Å²) in [6.45, 7) is 5.51. The molecule has 2 aliphatic rings. The monoisotopic (exact) mass is 282 g/mol. The van der Waals surface area contributed by atoms with E-state index in [1.54, 1.807) is 0 Å². The molecule has 0 atom stereocenters. The van der Waals surface area contributed by atoms with E-state index in [1.165, 1.54) is 38.5 Å². The van der Waals surface area contributed by atoms with Gasteiger partial charge in [-0.15, -0.1) is 0 Å². The molecular weight excluding hydrogens is 252 g/mol. The van der Waals surface area contributed by atoms with Crippen LogP contribution in [0.5, 0.6) is 0 Å². The molecule has 0 saturated heterocycles. The summed E-state index contributed by atoms with van der Waals surface area (Å²) >= 11 is 0. The summed E-state index contributed by atoms with van der Waals surface area (Å²) in [7, 11) is 0. The number of hydrogen-bond acceptors (Lipinski definition) is 4. The topological polar surface area (TPSA) is 43.2 Å². The Hall–Kier alpha value is -0.480. The van der Waals surface area contributed by atoms with Gasteiger partial charge in [-0.3, -0.25) is 0 Å². The highest BCUT2D eigenvalue weighted by atomic mass is 16.5. The van der Waals surface area contributed by atoms with Crippen molar-refractivity contribution >= 4 is 0 Å². The molecule has 2 saturated carbocycles. The van der Waals surface area contributed by atoms with Gasteiger partial charge in [0.05, 0.1) is 0 Å². The van der Waals surface area contributed by atoms with Crippen LogP contribution in [0.3, 0.4) is 0 Å². The summed E-state index contributed by atoms with van der Waals surface area (Å²) in [5.41, 5.74) is -0.733. The van der Waals surface area contributed by atoms with E-state index in [0.717, 1.165) is 25.7 Å². The zero-order chi connectivity index (χ0) is 14.3. The molecule has 0 bridgehead atoms. The number of ether oxygens (including phenoxy) is 2. The third-order valence-corrected chi connectivity index (χ3v) is 4.51. The van der Waals surface area contributed by atoms with Crippen molar-refractivity contribution in [1.29, 1.82) is 0 Å². The molecule has 0 spiro atoms. The molecule has 116 valence electrons. The minimum Gasteiger partial charge on any atom is -0.352 e. The Bertz CT molecular complexity index is 265. The van der Waals surface area contributed by atoms with Crippen molar-refractivity contribution in [2.45, 2.75) is 89.5 Å². The lowest BCUT2D eigenvalue weighted by Gasteiger charge is -2.36. The van der Waals surface area contributed by atoms with Crippen LogP contribution in [-0.2, 0) is 9.47 Å². The first kappa shape index (κ1) is 15.9. The fourth-order valence-corrected chi connectivity index (χ4v) is 3.47. The maximum atomic E-state index is 5.97. The van der Waals surface area contributed by atoms with E-state index < -0.39 is 0 Å². The van der Waals surface area contributed by atoms with Gasteiger partial charge in [0.25, 0.3) is 0 Å². The molecule has 2 fully saturated rings. The van der Waals surface area contributed by atoms with Crippen molar-refractivity contribution in [3.63, 3.8) is 0 Å². The second-order valence-electron chi connectivity index (χ2n) is 6.08. The molecule has 0 unspecified atom stereocenters. The van der Waals surface area contributed by atoms with Gasteiger partial charge in [-0.05, 0) is 65.2 Å². The lowest BCUT2D eigenvalue weighted by atomic mass is 9.91. The number of hydrogen-bond donors (Lipinski definition) is 0. The summed E-state index contributed by atoms with van der Waals surface area (Å²) in [6, 6.07) is 0. The molecule has 0 aromatic rings. The van der Waals surface area contributed by atoms with Crippen LogP contribution in [-0.4, -0.2) is 24.7 Å². The van der Waals surface area contributed by atoms with Gasteiger partial charge in [0.1, 0.15) is 0 Å². The second kappa shape index (κ2) is 7.51. The molecule has 0 aromatic carbocycles. The first-order valence-electron chi connectivity index (χ1n) is 8.46. The molecule has 0 aliphatic heterocycles.